The molecule has 0 amide bonds. The zero-order chi connectivity index (χ0) is 13.9. The molecular formula is C18H20ClN. The first-order valence-electron chi connectivity index (χ1n) is 7.22. The molecule has 3 rings (SSSR count). The molecule has 0 saturated carbocycles. The van der Waals surface area contributed by atoms with Gasteiger partial charge in [-0.05, 0) is 18.1 Å². The predicted octanol–water partition coefficient (Wildman–Crippen LogP) is 4.28. The highest BCUT2D eigenvalue weighted by Gasteiger charge is 2.45. The second kappa shape index (κ2) is 5.99. The van der Waals surface area contributed by atoms with Crippen molar-refractivity contribution >= 4 is 11.6 Å². The summed E-state index contributed by atoms with van der Waals surface area (Å²) >= 11 is 6.23. The SMILES string of the molecule is C[C@H]1[C@H](c2ccccc2)[C@@H](CCl)N1Cc1ccccc1. The molecule has 1 nitrogen and oxygen atoms in total. The van der Waals surface area contributed by atoms with E-state index in [1.54, 1.807) is 0 Å². The van der Waals surface area contributed by atoms with Gasteiger partial charge in [-0.25, -0.2) is 0 Å². The van der Waals surface area contributed by atoms with E-state index < -0.39 is 0 Å². The van der Waals surface area contributed by atoms with Crippen molar-refractivity contribution in [3.05, 3.63) is 71.8 Å². The van der Waals surface area contributed by atoms with E-state index in [9.17, 15) is 0 Å². The maximum Gasteiger partial charge on any atom is 0.0386 e. The van der Waals surface area contributed by atoms with Gasteiger partial charge in [0.25, 0.3) is 0 Å². The van der Waals surface area contributed by atoms with Crippen molar-refractivity contribution in [3.63, 3.8) is 0 Å². The maximum absolute atomic E-state index is 6.23. The van der Waals surface area contributed by atoms with Crippen molar-refractivity contribution < 1.29 is 0 Å². The number of benzene rings is 2. The highest BCUT2D eigenvalue weighted by atomic mass is 35.5. The van der Waals surface area contributed by atoms with E-state index in [0.717, 1.165) is 6.54 Å². The van der Waals surface area contributed by atoms with Gasteiger partial charge in [0.05, 0.1) is 0 Å². The van der Waals surface area contributed by atoms with Crippen LogP contribution in [-0.2, 0) is 6.54 Å². The average Bonchev–Trinajstić information content (AvgIpc) is 2.51. The average molecular weight is 286 g/mol. The van der Waals surface area contributed by atoms with E-state index in [-0.39, 0.29) is 0 Å². The zero-order valence-electron chi connectivity index (χ0n) is 11.7. The lowest BCUT2D eigenvalue weighted by molar-refractivity contribution is 0.00108. The summed E-state index contributed by atoms with van der Waals surface area (Å²) in [4.78, 5) is 2.51. The summed E-state index contributed by atoms with van der Waals surface area (Å²) in [7, 11) is 0. The van der Waals surface area contributed by atoms with Gasteiger partial charge >= 0.3 is 0 Å². The molecule has 0 aromatic heterocycles. The lowest BCUT2D eigenvalue weighted by Crippen LogP contribution is -2.61. The minimum atomic E-state index is 0.439. The number of hydrogen-bond donors (Lipinski definition) is 0. The predicted molar refractivity (Wildman–Crippen MR) is 85.1 cm³/mol. The van der Waals surface area contributed by atoms with Gasteiger partial charge < -0.3 is 0 Å². The number of rotatable bonds is 4. The number of hydrogen-bond acceptors (Lipinski definition) is 1. The minimum absolute atomic E-state index is 0.439. The molecule has 1 heterocycles. The Balaban J connectivity index is 1.75. The van der Waals surface area contributed by atoms with E-state index in [1.165, 1.54) is 11.1 Å². The van der Waals surface area contributed by atoms with Crippen LogP contribution in [-0.4, -0.2) is 22.9 Å². The summed E-state index contributed by atoms with van der Waals surface area (Å²) in [5.41, 5.74) is 2.77. The lowest BCUT2D eigenvalue weighted by atomic mass is 9.76. The van der Waals surface area contributed by atoms with Gasteiger partial charge in [0.2, 0.25) is 0 Å². The van der Waals surface area contributed by atoms with Gasteiger partial charge in [0.15, 0.2) is 0 Å². The van der Waals surface area contributed by atoms with Crippen LogP contribution in [0.2, 0.25) is 0 Å². The second-order valence-corrected chi connectivity index (χ2v) is 5.87. The Bertz CT molecular complexity index is 540. The molecule has 0 radical (unpaired) electrons. The first-order chi connectivity index (χ1) is 9.81. The number of alkyl halides is 1. The number of nitrogens with zero attached hydrogens (tertiary/aromatic N) is 1. The van der Waals surface area contributed by atoms with Crippen LogP contribution in [0.25, 0.3) is 0 Å². The Morgan fingerprint density at radius 2 is 1.55 bits per heavy atom. The Labute approximate surface area is 126 Å². The fourth-order valence-corrected chi connectivity index (χ4v) is 3.72. The van der Waals surface area contributed by atoms with Crippen molar-refractivity contribution in [1.29, 1.82) is 0 Å². The fraction of sp³-hybridized carbons (Fsp3) is 0.333. The van der Waals surface area contributed by atoms with Crippen molar-refractivity contribution in [3.8, 4) is 0 Å². The molecule has 0 bridgehead atoms. The summed E-state index contributed by atoms with van der Waals surface area (Å²) < 4.78 is 0. The van der Waals surface area contributed by atoms with Gasteiger partial charge in [-0.15, -0.1) is 11.6 Å². The highest BCUT2D eigenvalue weighted by molar-refractivity contribution is 6.18. The summed E-state index contributed by atoms with van der Waals surface area (Å²) in [5.74, 6) is 1.24. The molecular weight excluding hydrogens is 266 g/mol. The minimum Gasteiger partial charge on any atom is -0.291 e. The van der Waals surface area contributed by atoms with Gasteiger partial charge in [0, 0.05) is 30.4 Å². The number of likely N-dealkylation sites (tertiary alicyclic amines) is 1. The molecule has 0 unspecified atom stereocenters. The standard InChI is InChI=1S/C18H20ClN/c1-14-18(16-10-6-3-7-11-16)17(12-19)20(14)13-15-8-4-2-5-9-15/h2-11,14,17-18H,12-13H2,1H3/t14-,17+,18+/m0/s1. The molecule has 1 aliphatic rings. The molecule has 104 valence electrons. The van der Waals surface area contributed by atoms with E-state index >= 15 is 0 Å². The van der Waals surface area contributed by atoms with Crippen molar-refractivity contribution in [2.45, 2.75) is 31.5 Å². The van der Waals surface area contributed by atoms with Crippen LogP contribution >= 0.6 is 11.6 Å². The normalized spacial score (nSPS) is 26.2. The molecule has 2 heteroatoms. The molecule has 0 spiro atoms. The summed E-state index contributed by atoms with van der Waals surface area (Å²) in [5, 5.41) is 0. The van der Waals surface area contributed by atoms with Crippen LogP contribution < -0.4 is 0 Å². The van der Waals surface area contributed by atoms with Crippen LogP contribution in [0.3, 0.4) is 0 Å². The first kappa shape index (κ1) is 13.7. The zero-order valence-corrected chi connectivity index (χ0v) is 12.5. The van der Waals surface area contributed by atoms with Crippen LogP contribution in [0, 0.1) is 0 Å². The van der Waals surface area contributed by atoms with Crippen LogP contribution in [0.4, 0.5) is 0 Å². The topological polar surface area (TPSA) is 3.24 Å². The summed E-state index contributed by atoms with van der Waals surface area (Å²) in [6.45, 7) is 3.30. The molecule has 20 heavy (non-hydrogen) atoms. The van der Waals surface area contributed by atoms with Gasteiger partial charge in [-0.1, -0.05) is 60.7 Å². The van der Waals surface area contributed by atoms with E-state index in [0.29, 0.717) is 23.9 Å². The largest absolute Gasteiger partial charge is 0.291 e. The fourth-order valence-electron chi connectivity index (χ4n) is 3.35. The Kier molecular flexibility index (Phi) is 4.09. The van der Waals surface area contributed by atoms with Gasteiger partial charge in [0.1, 0.15) is 0 Å². The molecule has 1 saturated heterocycles. The molecule has 0 N–H and O–H groups in total. The molecule has 1 fully saturated rings. The third-order valence-electron chi connectivity index (χ3n) is 4.43. The molecule has 2 aromatic carbocycles. The van der Waals surface area contributed by atoms with E-state index in [2.05, 4.69) is 72.5 Å². The lowest BCUT2D eigenvalue weighted by Gasteiger charge is -2.54. The van der Waals surface area contributed by atoms with Crippen LogP contribution in [0.1, 0.15) is 24.0 Å². The van der Waals surface area contributed by atoms with E-state index in [1.807, 2.05) is 0 Å². The molecule has 2 aromatic rings. The van der Waals surface area contributed by atoms with Crippen molar-refractivity contribution in [2.24, 2.45) is 0 Å². The number of halogens is 1. The third-order valence-corrected chi connectivity index (χ3v) is 4.75. The Hall–Kier alpha value is -1.31. The quantitative estimate of drug-likeness (QED) is 0.758. The Morgan fingerprint density at radius 1 is 0.950 bits per heavy atom. The van der Waals surface area contributed by atoms with Crippen molar-refractivity contribution in [2.75, 3.05) is 5.88 Å². The van der Waals surface area contributed by atoms with Crippen LogP contribution in [0.15, 0.2) is 60.7 Å². The smallest absolute Gasteiger partial charge is 0.0386 e. The summed E-state index contributed by atoms with van der Waals surface area (Å²) in [6.07, 6.45) is 0. The maximum atomic E-state index is 6.23. The Morgan fingerprint density at radius 3 is 2.15 bits per heavy atom. The monoisotopic (exact) mass is 285 g/mol. The van der Waals surface area contributed by atoms with E-state index in [4.69, 9.17) is 11.6 Å². The van der Waals surface area contributed by atoms with Crippen molar-refractivity contribution in [1.82, 2.24) is 4.90 Å². The van der Waals surface area contributed by atoms with Gasteiger partial charge in [-0.2, -0.15) is 0 Å². The van der Waals surface area contributed by atoms with Crippen LogP contribution in [0.5, 0.6) is 0 Å². The third kappa shape index (κ3) is 2.48. The van der Waals surface area contributed by atoms with Gasteiger partial charge in [-0.3, -0.25) is 4.90 Å². The first-order valence-corrected chi connectivity index (χ1v) is 7.75. The summed E-state index contributed by atoms with van der Waals surface area (Å²) in [6, 6.07) is 22.4. The molecule has 3 atom stereocenters. The molecule has 1 aliphatic heterocycles. The second-order valence-electron chi connectivity index (χ2n) is 5.56. The molecule has 0 aliphatic carbocycles. The highest BCUT2D eigenvalue weighted by Crippen LogP contribution is 2.41.